The largest absolute Gasteiger partial charge is 0.353 e. The molecular formula is C14H27ClN2O3S. The van der Waals surface area contributed by atoms with Gasteiger partial charge in [-0.15, -0.1) is 12.4 Å². The van der Waals surface area contributed by atoms with Gasteiger partial charge in [-0.1, -0.05) is 19.8 Å². The quantitative estimate of drug-likeness (QED) is 0.791. The van der Waals surface area contributed by atoms with Crippen molar-refractivity contribution in [3.05, 3.63) is 0 Å². The standard InChI is InChI=1S/C14H26N2O3S.ClH/c1-11-10-15-8-6-13(11)16-14(17)7-9-20(18,19)12-4-2-3-5-12;/h11-13,15H,2-10H2,1H3,(H,16,17);1H. The number of carbonyl (C=O) groups is 1. The van der Waals surface area contributed by atoms with E-state index in [-0.39, 0.29) is 41.8 Å². The zero-order chi connectivity index (χ0) is 14.6. The summed E-state index contributed by atoms with van der Waals surface area (Å²) in [4.78, 5) is 11.9. The molecule has 1 heterocycles. The van der Waals surface area contributed by atoms with Gasteiger partial charge in [0.25, 0.3) is 0 Å². The molecule has 0 aromatic rings. The van der Waals surface area contributed by atoms with E-state index in [1.54, 1.807) is 0 Å². The summed E-state index contributed by atoms with van der Waals surface area (Å²) >= 11 is 0. The minimum atomic E-state index is -3.08. The Bertz CT molecular complexity index is 436. The number of piperidine rings is 1. The number of rotatable bonds is 5. The molecule has 7 heteroatoms. The number of hydrogen-bond donors (Lipinski definition) is 2. The molecule has 2 N–H and O–H groups in total. The highest BCUT2D eigenvalue weighted by atomic mass is 35.5. The van der Waals surface area contributed by atoms with E-state index in [0.29, 0.717) is 5.92 Å². The van der Waals surface area contributed by atoms with Gasteiger partial charge in [0, 0.05) is 12.5 Å². The number of nitrogens with one attached hydrogen (secondary N) is 2. The molecule has 0 aromatic carbocycles. The average molecular weight is 339 g/mol. The van der Waals surface area contributed by atoms with Gasteiger partial charge in [-0.3, -0.25) is 4.79 Å². The second-order valence-electron chi connectivity index (χ2n) is 6.17. The van der Waals surface area contributed by atoms with Crippen LogP contribution in [0.4, 0.5) is 0 Å². The zero-order valence-corrected chi connectivity index (χ0v) is 14.3. The summed E-state index contributed by atoms with van der Waals surface area (Å²) in [5.74, 6) is 0.285. The molecule has 1 saturated carbocycles. The second-order valence-corrected chi connectivity index (χ2v) is 8.57. The summed E-state index contributed by atoms with van der Waals surface area (Å²) in [6.45, 7) is 3.92. The minimum Gasteiger partial charge on any atom is -0.353 e. The SMILES string of the molecule is CC1CNCCC1NC(=O)CCS(=O)(=O)C1CCCC1.Cl. The predicted octanol–water partition coefficient (Wildman–Crippen LogP) is 1.27. The van der Waals surface area contributed by atoms with Crippen LogP contribution in [-0.4, -0.2) is 44.5 Å². The predicted molar refractivity (Wildman–Crippen MR) is 86.5 cm³/mol. The first-order valence-corrected chi connectivity index (χ1v) is 9.42. The lowest BCUT2D eigenvalue weighted by Gasteiger charge is -2.30. The van der Waals surface area contributed by atoms with Gasteiger partial charge in [-0.05, 0) is 38.3 Å². The van der Waals surface area contributed by atoms with Crippen LogP contribution in [0.5, 0.6) is 0 Å². The molecule has 2 atom stereocenters. The Morgan fingerprint density at radius 1 is 1.24 bits per heavy atom. The minimum absolute atomic E-state index is 0. The fourth-order valence-electron chi connectivity index (χ4n) is 3.16. The first-order chi connectivity index (χ1) is 9.49. The molecular weight excluding hydrogens is 312 g/mol. The third kappa shape index (κ3) is 5.42. The molecule has 5 nitrogen and oxygen atoms in total. The zero-order valence-electron chi connectivity index (χ0n) is 12.6. The van der Waals surface area contributed by atoms with Crippen molar-refractivity contribution in [1.29, 1.82) is 0 Å². The average Bonchev–Trinajstić information content (AvgIpc) is 2.94. The molecule has 0 bridgehead atoms. The highest BCUT2D eigenvalue weighted by Crippen LogP contribution is 2.25. The molecule has 1 aliphatic heterocycles. The fourth-order valence-corrected chi connectivity index (χ4v) is 5.01. The van der Waals surface area contributed by atoms with Crippen LogP contribution in [-0.2, 0) is 14.6 Å². The fraction of sp³-hybridized carbons (Fsp3) is 0.929. The number of halogens is 1. The molecule has 2 unspecified atom stereocenters. The first-order valence-electron chi connectivity index (χ1n) is 7.70. The summed E-state index contributed by atoms with van der Waals surface area (Å²) < 4.78 is 24.2. The summed E-state index contributed by atoms with van der Waals surface area (Å²) in [5, 5.41) is 6.07. The van der Waals surface area contributed by atoms with Crippen molar-refractivity contribution in [2.75, 3.05) is 18.8 Å². The first kappa shape index (κ1) is 18.7. The van der Waals surface area contributed by atoms with Crippen molar-refractivity contribution in [2.45, 2.75) is 56.7 Å². The highest BCUT2D eigenvalue weighted by Gasteiger charge is 2.29. The van der Waals surface area contributed by atoms with E-state index in [1.165, 1.54) is 0 Å². The molecule has 2 aliphatic rings. The van der Waals surface area contributed by atoms with Crippen molar-refractivity contribution in [2.24, 2.45) is 5.92 Å². The molecule has 1 amide bonds. The maximum atomic E-state index is 12.1. The topological polar surface area (TPSA) is 75.3 Å². The van der Waals surface area contributed by atoms with Crippen molar-refractivity contribution >= 4 is 28.2 Å². The Labute approximate surface area is 134 Å². The lowest BCUT2D eigenvalue weighted by atomic mass is 9.95. The highest BCUT2D eigenvalue weighted by molar-refractivity contribution is 7.92. The molecule has 21 heavy (non-hydrogen) atoms. The number of amides is 1. The van der Waals surface area contributed by atoms with Gasteiger partial charge in [0.05, 0.1) is 11.0 Å². The van der Waals surface area contributed by atoms with Crippen LogP contribution >= 0.6 is 12.4 Å². The third-order valence-corrected chi connectivity index (χ3v) is 6.82. The molecule has 124 valence electrons. The van der Waals surface area contributed by atoms with Gasteiger partial charge in [0.2, 0.25) is 5.91 Å². The number of sulfone groups is 1. The van der Waals surface area contributed by atoms with Crippen molar-refractivity contribution < 1.29 is 13.2 Å². The van der Waals surface area contributed by atoms with Crippen LogP contribution in [0.15, 0.2) is 0 Å². The lowest BCUT2D eigenvalue weighted by molar-refractivity contribution is -0.121. The molecule has 1 saturated heterocycles. The Morgan fingerprint density at radius 3 is 2.52 bits per heavy atom. The summed E-state index contributed by atoms with van der Waals surface area (Å²) in [6.07, 6.45) is 4.58. The van der Waals surface area contributed by atoms with E-state index in [2.05, 4.69) is 17.6 Å². The molecule has 2 fully saturated rings. The third-order valence-electron chi connectivity index (χ3n) is 4.56. The van der Waals surface area contributed by atoms with Gasteiger partial charge in [-0.25, -0.2) is 8.42 Å². The number of hydrogen-bond acceptors (Lipinski definition) is 4. The van der Waals surface area contributed by atoms with Crippen molar-refractivity contribution in [3.63, 3.8) is 0 Å². The smallest absolute Gasteiger partial charge is 0.221 e. The molecule has 0 radical (unpaired) electrons. The van der Waals surface area contributed by atoms with E-state index in [9.17, 15) is 13.2 Å². The van der Waals surface area contributed by atoms with Gasteiger partial charge < -0.3 is 10.6 Å². The van der Waals surface area contributed by atoms with E-state index in [4.69, 9.17) is 0 Å². The normalized spacial score (nSPS) is 27.1. The van der Waals surface area contributed by atoms with Crippen molar-refractivity contribution in [3.8, 4) is 0 Å². The summed E-state index contributed by atoms with van der Waals surface area (Å²) in [7, 11) is -3.08. The molecule has 0 spiro atoms. The molecule has 0 aromatic heterocycles. The van der Waals surface area contributed by atoms with Gasteiger partial charge in [0.15, 0.2) is 9.84 Å². The molecule has 1 aliphatic carbocycles. The van der Waals surface area contributed by atoms with E-state index in [1.807, 2.05) is 0 Å². The van der Waals surface area contributed by atoms with E-state index >= 15 is 0 Å². The Hall–Kier alpha value is -0.330. The summed E-state index contributed by atoms with van der Waals surface area (Å²) in [5.41, 5.74) is 0. The van der Waals surface area contributed by atoms with Crippen LogP contribution in [0.2, 0.25) is 0 Å². The lowest BCUT2D eigenvalue weighted by Crippen LogP contribution is -2.48. The van der Waals surface area contributed by atoms with Crippen LogP contribution in [0.25, 0.3) is 0 Å². The Balaban J connectivity index is 0.00000220. The van der Waals surface area contributed by atoms with Crippen LogP contribution in [0.3, 0.4) is 0 Å². The van der Waals surface area contributed by atoms with Gasteiger partial charge in [0.1, 0.15) is 0 Å². The van der Waals surface area contributed by atoms with E-state index in [0.717, 1.165) is 45.2 Å². The maximum Gasteiger partial charge on any atom is 0.221 e. The number of carbonyl (C=O) groups excluding carboxylic acids is 1. The van der Waals surface area contributed by atoms with Gasteiger partial charge >= 0.3 is 0 Å². The Morgan fingerprint density at radius 2 is 1.90 bits per heavy atom. The van der Waals surface area contributed by atoms with Gasteiger partial charge in [-0.2, -0.15) is 0 Å². The maximum absolute atomic E-state index is 12.1. The van der Waals surface area contributed by atoms with Crippen molar-refractivity contribution in [1.82, 2.24) is 10.6 Å². The van der Waals surface area contributed by atoms with Crippen LogP contribution < -0.4 is 10.6 Å². The monoisotopic (exact) mass is 338 g/mol. The Kier molecular flexibility index (Phi) is 7.44. The second kappa shape index (κ2) is 8.34. The van der Waals surface area contributed by atoms with Crippen LogP contribution in [0, 0.1) is 5.92 Å². The molecule has 2 rings (SSSR count). The van der Waals surface area contributed by atoms with Crippen LogP contribution in [0.1, 0.15) is 45.4 Å². The summed E-state index contributed by atoms with van der Waals surface area (Å²) in [6, 6.07) is 0.179. The van der Waals surface area contributed by atoms with E-state index < -0.39 is 9.84 Å².